The van der Waals surface area contributed by atoms with E-state index in [0.717, 1.165) is 21.4 Å². The van der Waals surface area contributed by atoms with Crippen LogP contribution in [0, 0.1) is 0 Å². The van der Waals surface area contributed by atoms with Gasteiger partial charge in [-0.3, -0.25) is 4.79 Å². The van der Waals surface area contributed by atoms with E-state index in [1.807, 2.05) is 54.6 Å². The summed E-state index contributed by atoms with van der Waals surface area (Å²) in [5.74, 6) is 0.687. The minimum atomic E-state index is -0.224. The maximum atomic E-state index is 12.4. The predicted molar refractivity (Wildman–Crippen MR) is 96.9 cm³/mol. The Morgan fingerprint density at radius 2 is 1.96 bits per heavy atom. The van der Waals surface area contributed by atoms with E-state index in [9.17, 15) is 4.79 Å². The first-order chi connectivity index (χ1) is 11.7. The van der Waals surface area contributed by atoms with Crippen LogP contribution in [0.3, 0.4) is 0 Å². The largest absolute Gasteiger partial charge is 0.497 e. The van der Waals surface area contributed by atoms with Crippen molar-refractivity contribution >= 4 is 27.3 Å². The third kappa shape index (κ3) is 3.58. The molecule has 1 N–H and O–H groups in total. The van der Waals surface area contributed by atoms with Crippen LogP contribution in [0.2, 0.25) is 0 Å². The monoisotopic (exact) mass is 341 g/mol. The van der Waals surface area contributed by atoms with Crippen molar-refractivity contribution in [3.05, 3.63) is 65.0 Å². The molecule has 0 saturated heterocycles. The van der Waals surface area contributed by atoms with Crippen molar-refractivity contribution in [2.45, 2.75) is 6.10 Å². The zero-order valence-corrected chi connectivity index (χ0v) is 14.4. The summed E-state index contributed by atoms with van der Waals surface area (Å²) in [5, 5.41) is 4.04. The molecule has 1 atom stereocenters. The quantitative estimate of drug-likeness (QED) is 0.736. The standard InChI is InChI=1S/C19H19NO3S/c1-22-15-8-5-7-13(10-15)16(23-2)12-20-19(21)18-11-14-6-3-4-9-17(14)24-18/h3-11,16H,12H2,1-2H3,(H,20,21). The molecule has 1 heterocycles. The van der Waals surface area contributed by atoms with Crippen LogP contribution < -0.4 is 10.1 Å². The molecule has 0 aliphatic carbocycles. The van der Waals surface area contributed by atoms with Crippen molar-refractivity contribution in [1.82, 2.24) is 5.32 Å². The Hall–Kier alpha value is -2.37. The molecule has 0 saturated carbocycles. The van der Waals surface area contributed by atoms with Gasteiger partial charge in [-0.05, 0) is 35.2 Å². The molecule has 0 aliphatic rings. The summed E-state index contributed by atoms with van der Waals surface area (Å²) >= 11 is 1.49. The van der Waals surface area contributed by atoms with E-state index in [1.165, 1.54) is 11.3 Å². The molecule has 0 bridgehead atoms. The Balaban J connectivity index is 1.69. The summed E-state index contributed by atoms with van der Waals surface area (Å²) in [5.41, 5.74) is 0.966. The fraction of sp³-hybridized carbons (Fsp3) is 0.211. The van der Waals surface area contributed by atoms with E-state index in [0.29, 0.717) is 11.4 Å². The second-order valence-electron chi connectivity index (χ2n) is 5.36. The molecular weight excluding hydrogens is 322 g/mol. The molecule has 4 nitrogen and oxygen atoms in total. The fourth-order valence-corrected chi connectivity index (χ4v) is 3.52. The number of rotatable bonds is 6. The summed E-state index contributed by atoms with van der Waals surface area (Å²) in [6.07, 6.45) is -0.224. The van der Waals surface area contributed by atoms with Gasteiger partial charge in [0.2, 0.25) is 0 Å². The summed E-state index contributed by atoms with van der Waals surface area (Å²) < 4.78 is 11.9. The lowest BCUT2D eigenvalue weighted by molar-refractivity contribution is 0.0830. The van der Waals surface area contributed by atoms with E-state index in [2.05, 4.69) is 5.32 Å². The average Bonchev–Trinajstić information content (AvgIpc) is 3.06. The van der Waals surface area contributed by atoms with E-state index in [1.54, 1.807) is 14.2 Å². The first-order valence-corrected chi connectivity index (χ1v) is 8.46. The third-order valence-corrected chi connectivity index (χ3v) is 4.96. The third-order valence-electron chi connectivity index (χ3n) is 3.85. The first kappa shape index (κ1) is 16.5. The van der Waals surface area contributed by atoms with Crippen LogP contribution in [0.5, 0.6) is 5.75 Å². The molecule has 1 unspecified atom stereocenters. The van der Waals surface area contributed by atoms with Crippen LogP contribution in [0.15, 0.2) is 54.6 Å². The molecule has 5 heteroatoms. The first-order valence-electron chi connectivity index (χ1n) is 7.65. The second kappa shape index (κ2) is 7.47. The highest BCUT2D eigenvalue weighted by Crippen LogP contribution is 2.25. The van der Waals surface area contributed by atoms with Crippen LogP contribution >= 0.6 is 11.3 Å². The van der Waals surface area contributed by atoms with Crippen LogP contribution in [-0.2, 0) is 4.74 Å². The zero-order valence-electron chi connectivity index (χ0n) is 13.6. The fourth-order valence-electron chi connectivity index (χ4n) is 2.55. The SMILES string of the molecule is COc1cccc(C(CNC(=O)c2cc3ccccc3s2)OC)c1. The van der Waals surface area contributed by atoms with Crippen LogP contribution in [0.25, 0.3) is 10.1 Å². The number of thiophene rings is 1. The van der Waals surface area contributed by atoms with Crippen molar-refractivity contribution < 1.29 is 14.3 Å². The highest BCUT2D eigenvalue weighted by Gasteiger charge is 2.15. The Morgan fingerprint density at radius 1 is 1.12 bits per heavy atom. The lowest BCUT2D eigenvalue weighted by Gasteiger charge is -2.17. The van der Waals surface area contributed by atoms with E-state index in [4.69, 9.17) is 9.47 Å². The second-order valence-corrected chi connectivity index (χ2v) is 6.44. The van der Waals surface area contributed by atoms with Gasteiger partial charge in [0.15, 0.2) is 0 Å². The molecule has 3 rings (SSSR count). The molecule has 1 amide bonds. The highest BCUT2D eigenvalue weighted by molar-refractivity contribution is 7.20. The van der Waals surface area contributed by atoms with Gasteiger partial charge in [0.1, 0.15) is 5.75 Å². The van der Waals surface area contributed by atoms with Crippen molar-refractivity contribution in [1.29, 1.82) is 0 Å². The van der Waals surface area contributed by atoms with Crippen LogP contribution in [-0.4, -0.2) is 26.7 Å². The minimum Gasteiger partial charge on any atom is -0.497 e. The number of ether oxygens (including phenoxy) is 2. The van der Waals surface area contributed by atoms with Crippen molar-refractivity contribution in [2.75, 3.05) is 20.8 Å². The van der Waals surface area contributed by atoms with Gasteiger partial charge in [-0.25, -0.2) is 0 Å². The number of carbonyl (C=O) groups is 1. The number of methoxy groups -OCH3 is 2. The van der Waals surface area contributed by atoms with Crippen molar-refractivity contribution in [3.63, 3.8) is 0 Å². The summed E-state index contributed by atoms with van der Waals surface area (Å²) in [7, 11) is 3.26. The Morgan fingerprint density at radius 3 is 2.71 bits per heavy atom. The maximum absolute atomic E-state index is 12.4. The van der Waals surface area contributed by atoms with Gasteiger partial charge in [0.25, 0.3) is 5.91 Å². The van der Waals surface area contributed by atoms with Gasteiger partial charge in [-0.1, -0.05) is 30.3 Å². The van der Waals surface area contributed by atoms with Gasteiger partial charge in [0, 0.05) is 18.4 Å². The zero-order chi connectivity index (χ0) is 16.9. The molecule has 0 radical (unpaired) electrons. The molecule has 0 spiro atoms. The van der Waals surface area contributed by atoms with Gasteiger partial charge in [0.05, 0.1) is 18.1 Å². The van der Waals surface area contributed by atoms with Gasteiger partial charge >= 0.3 is 0 Å². The Labute approximate surface area is 145 Å². The molecule has 3 aromatic rings. The van der Waals surface area contributed by atoms with Crippen molar-refractivity contribution in [2.24, 2.45) is 0 Å². The summed E-state index contributed by atoms with van der Waals surface area (Å²) in [4.78, 5) is 13.1. The topological polar surface area (TPSA) is 47.6 Å². The molecule has 124 valence electrons. The number of amides is 1. The van der Waals surface area contributed by atoms with Crippen LogP contribution in [0.4, 0.5) is 0 Å². The Kier molecular flexibility index (Phi) is 5.13. The van der Waals surface area contributed by atoms with Gasteiger partial charge in [-0.15, -0.1) is 11.3 Å². The van der Waals surface area contributed by atoms with Crippen molar-refractivity contribution in [3.8, 4) is 5.75 Å². The lowest BCUT2D eigenvalue weighted by atomic mass is 10.1. The van der Waals surface area contributed by atoms with E-state index >= 15 is 0 Å². The molecule has 1 aromatic heterocycles. The average molecular weight is 341 g/mol. The van der Waals surface area contributed by atoms with Gasteiger partial charge < -0.3 is 14.8 Å². The summed E-state index contributed by atoms with van der Waals surface area (Å²) in [6.45, 7) is 0.400. The summed E-state index contributed by atoms with van der Waals surface area (Å²) in [6, 6.07) is 17.6. The molecule has 24 heavy (non-hydrogen) atoms. The molecule has 0 aliphatic heterocycles. The smallest absolute Gasteiger partial charge is 0.261 e. The van der Waals surface area contributed by atoms with Crippen LogP contribution in [0.1, 0.15) is 21.3 Å². The number of benzene rings is 2. The maximum Gasteiger partial charge on any atom is 0.261 e. The minimum absolute atomic E-state index is 0.0823. The Bertz CT molecular complexity index is 810. The molecule has 2 aromatic carbocycles. The lowest BCUT2D eigenvalue weighted by Crippen LogP contribution is -2.28. The van der Waals surface area contributed by atoms with E-state index < -0.39 is 0 Å². The number of hydrogen-bond donors (Lipinski definition) is 1. The predicted octanol–water partition coefficient (Wildman–Crippen LogP) is 4.03. The number of nitrogens with one attached hydrogen (secondary N) is 1. The molecule has 0 fully saturated rings. The number of hydrogen-bond acceptors (Lipinski definition) is 4. The normalized spacial score (nSPS) is 12.1. The van der Waals surface area contributed by atoms with E-state index in [-0.39, 0.29) is 12.0 Å². The number of fused-ring (bicyclic) bond motifs is 1. The molecular formula is C19H19NO3S. The van der Waals surface area contributed by atoms with Gasteiger partial charge in [-0.2, -0.15) is 0 Å². The number of carbonyl (C=O) groups excluding carboxylic acids is 1. The highest BCUT2D eigenvalue weighted by atomic mass is 32.1.